The van der Waals surface area contributed by atoms with Crippen molar-refractivity contribution in [1.29, 1.82) is 0 Å². The normalized spacial score (nSPS) is 13.3. The Kier molecular flexibility index (Phi) is 11.0. The zero-order valence-corrected chi connectivity index (χ0v) is 15.5. The number of carboxylic acid groups (broad SMARTS) is 1. The second kappa shape index (κ2) is 11.5. The molecule has 1 amide bonds. The molecule has 0 fully saturated rings. The van der Waals surface area contributed by atoms with Gasteiger partial charge in [-0.2, -0.15) is 0 Å². The predicted octanol–water partition coefficient (Wildman–Crippen LogP) is 0.685. The molecule has 136 valence electrons. The van der Waals surface area contributed by atoms with Gasteiger partial charge in [0.25, 0.3) is 0 Å². The van der Waals surface area contributed by atoms with Crippen molar-refractivity contribution in [2.24, 2.45) is 5.73 Å². The van der Waals surface area contributed by atoms with Gasteiger partial charge in [-0.25, -0.2) is 0 Å². The van der Waals surface area contributed by atoms with Gasteiger partial charge in [-0.05, 0) is 40.8 Å². The molecular formula is C14H30N2O6Si. The molecule has 0 aliphatic rings. The van der Waals surface area contributed by atoms with Gasteiger partial charge in [0.05, 0.1) is 6.42 Å². The summed E-state index contributed by atoms with van der Waals surface area (Å²) in [4.78, 5) is 23.8. The second-order valence-electron chi connectivity index (χ2n) is 5.09. The molecule has 0 heterocycles. The third-order valence-electron chi connectivity index (χ3n) is 3.30. The van der Waals surface area contributed by atoms with E-state index < -0.39 is 26.7 Å². The molecule has 0 aromatic heterocycles. The molecule has 0 saturated carbocycles. The molecule has 9 heteroatoms. The lowest BCUT2D eigenvalue weighted by atomic mass is 10.1. The van der Waals surface area contributed by atoms with Crippen molar-refractivity contribution in [3.8, 4) is 0 Å². The minimum absolute atomic E-state index is 0.212. The van der Waals surface area contributed by atoms with Crippen molar-refractivity contribution in [2.75, 3.05) is 33.4 Å². The number of aliphatic carboxylic acids is 1. The molecule has 0 aliphatic carbocycles. The Morgan fingerprint density at radius 1 is 1.13 bits per heavy atom. The summed E-state index contributed by atoms with van der Waals surface area (Å²) in [6, 6.07) is -0.328. The number of hydrogen-bond donors (Lipinski definition) is 2. The van der Waals surface area contributed by atoms with Gasteiger partial charge in [-0.3, -0.25) is 14.5 Å². The van der Waals surface area contributed by atoms with E-state index in [1.165, 1.54) is 0 Å². The summed E-state index contributed by atoms with van der Waals surface area (Å²) >= 11 is 0. The average molecular weight is 350 g/mol. The maximum absolute atomic E-state index is 11.2. The highest BCUT2D eigenvalue weighted by molar-refractivity contribution is 6.60. The molecule has 23 heavy (non-hydrogen) atoms. The summed E-state index contributed by atoms with van der Waals surface area (Å²) in [5.74, 6) is -1.69. The molecule has 0 saturated heterocycles. The quantitative estimate of drug-likeness (QED) is 0.443. The lowest BCUT2D eigenvalue weighted by Gasteiger charge is -2.30. The maximum atomic E-state index is 11.2. The fraction of sp³-hybridized carbons (Fsp3) is 0.857. The van der Waals surface area contributed by atoms with Crippen LogP contribution in [0.5, 0.6) is 0 Å². The van der Waals surface area contributed by atoms with Gasteiger partial charge in [0.15, 0.2) is 0 Å². The molecule has 0 bridgehead atoms. The first-order valence-corrected chi connectivity index (χ1v) is 9.88. The third kappa shape index (κ3) is 8.42. The van der Waals surface area contributed by atoms with Crippen LogP contribution in [0.15, 0.2) is 0 Å². The molecule has 1 atom stereocenters. The smallest absolute Gasteiger partial charge is 0.480 e. The molecule has 0 aromatic rings. The lowest BCUT2D eigenvalue weighted by molar-refractivity contribution is -0.144. The van der Waals surface area contributed by atoms with E-state index in [1.807, 2.05) is 20.8 Å². The van der Waals surface area contributed by atoms with E-state index in [2.05, 4.69) is 0 Å². The van der Waals surface area contributed by atoms with Crippen LogP contribution < -0.4 is 5.73 Å². The topological polar surface area (TPSA) is 111 Å². The molecule has 0 aromatic carbocycles. The van der Waals surface area contributed by atoms with E-state index in [1.54, 1.807) is 11.9 Å². The van der Waals surface area contributed by atoms with Crippen molar-refractivity contribution in [2.45, 2.75) is 45.7 Å². The first-order valence-electron chi connectivity index (χ1n) is 7.95. The fourth-order valence-corrected chi connectivity index (χ4v) is 4.92. The highest BCUT2D eigenvalue weighted by atomic mass is 28.4. The zero-order chi connectivity index (χ0) is 17.9. The summed E-state index contributed by atoms with van der Waals surface area (Å²) in [6.07, 6.45) is 0.433. The Morgan fingerprint density at radius 2 is 1.61 bits per heavy atom. The van der Waals surface area contributed by atoms with Crippen molar-refractivity contribution >= 4 is 20.7 Å². The monoisotopic (exact) mass is 350 g/mol. The van der Waals surface area contributed by atoms with E-state index in [0.29, 0.717) is 38.8 Å². The minimum Gasteiger partial charge on any atom is -0.480 e. The van der Waals surface area contributed by atoms with Gasteiger partial charge >= 0.3 is 14.8 Å². The Morgan fingerprint density at radius 3 is 1.96 bits per heavy atom. The molecule has 0 aliphatic heterocycles. The summed E-state index contributed by atoms with van der Waals surface area (Å²) in [5.41, 5.74) is 5.10. The number of rotatable bonds is 14. The SMILES string of the molecule is CCO[Si](CCCN(C)[C@@H](CC(N)=O)C(=O)O)(OCC)OCC. The number of likely N-dealkylation sites (N-methyl/N-ethyl adjacent to an activating group) is 1. The van der Waals surface area contributed by atoms with E-state index in [-0.39, 0.29) is 6.42 Å². The van der Waals surface area contributed by atoms with Crippen LogP contribution in [-0.4, -0.2) is 70.1 Å². The van der Waals surface area contributed by atoms with E-state index in [9.17, 15) is 14.7 Å². The molecular weight excluding hydrogens is 320 g/mol. The standard InChI is InChI=1S/C14H30N2O6Si/c1-5-20-23(21-6-2,22-7-3)10-8-9-16(4)12(14(18)19)11-13(15)17/h12H,5-11H2,1-4H3,(H2,15,17)(H,18,19)/t12-/m0/s1. The van der Waals surface area contributed by atoms with Crippen LogP contribution in [0.25, 0.3) is 0 Å². The number of amides is 1. The Labute approximate surface area is 139 Å². The van der Waals surface area contributed by atoms with Crippen molar-refractivity contribution in [1.82, 2.24) is 4.90 Å². The Hall–Kier alpha value is -1.00. The fourth-order valence-electron chi connectivity index (χ4n) is 2.32. The van der Waals surface area contributed by atoms with Crippen LogP contribution in [0.3, 0.4) is 0 Å². The van der Waals surface area contributed by atoms with E-state index in [0.717, 1.165) is 0 Å². The third-order valence-corrected chi connectivity index (χ3v) is 6.45. The molecule has 0 unspecified atom stereocenters. The number of nitrogens with zero attached hydrogens (tertiary/aromatic N) is 1. The van der Waals surface area contributed by atoms with Crippen molar-refractivity contribution < 1.29 is 28.0 Å². The molecule has 0 spiro atoms. The molecule has 3 N–H and O–H groups in total. The Bertz CT molecular complexity index is 352. The van der Waals surface area contributed by atoms with Gasteiger partial charge < -0.3 is 24.1 Å². The number of carbonyl (C=O) groups is 2. The molecule has 0 rings (SSSR count). The summed E-state index contributed by atoms with van der Waals surface area (Å²) in [7, 11) is -1.06. The largest absolute Gasteiger partial charge is 0.500 e. The predicted molar refractivity (Wildman–Crippen MR) is 87.9 cm³/mol. The van der Waals surface area contributed by atoms with Gasteiger partial charge in [0.2, 0.25) is 5.91 Å². The number of carbonyl (C=O) groups excluding carboxylic acids is 1. The second-order valence-corrected chi connectivity index (χ2v) is 7.82. The number of hydrogen-bond acceptors (Lipinski definition) is 6. The van der Waals surface area contributed by atoms with Crippen LogP contribution >= 0.6 is 0 Å². The van der Waals surface area contributed by atoms with Gasteiger partial charge in [-0.15, -0.1) is 0 Å². The van der Waals surface area contributed by atoms with Gasteiger partial charge in [0.1, 0.15) is 6.04 Å². The van der Waals surface area contributed by atoms with Crippen LogP contribution in [0.1, 0.15) is 33.6 Å². The number of nitrogens with two attached hydrogens (primary N) is 1. The highest BCUT2D eigenvalue weighted by Gasteiger charge is 2.40. The van der Waals surface area contributed by atoms with Gasteiger partial charge in [0, 0.05) is 25.9 Å². The Balaban J connectivity index is 4.65. The highest BCUT2D eigenvalue weighted by Crippen LogP contribution is 2.19. The first-order chi connectivity index (χ1) is 10.8. The number of primary amides is 1. The summed E-state index contributed by atoms with van der Waals surface area (Å²) in [5, 5.41) is 9.19. The summed E-state index contributed by atoms with van der Waals surface area (Å²) in [6.45, 7) is 7.65. The number of carboxylic acids is 1. The molecule has 8 nitrogen and oxygen atoms in total. The van der Waals surface area contributed by atoms with Crippen molar-refractivity contribution in [3.05, 3.63) is 0 Å². The van der Waals surface area contributed by atoms with Crippen LogP contribution in [0, 0.1) is 0 Å². The zero-order valence-electron chi connectivity index (χ0n) is 14.5. The van der Waals surface area contributed by atoms with Gasteiger partial charge in [-0.1, -0.05) is 0 Å². The van der Waals surface area contributed by atoms with Crippen LogP contribution in [0.2, 0.25) is 6.04 Å². The lowest BCUT2D eigenvalue weighted by Crippen LogP contribution is -2.47. The van der Waals surface area contributed by atoms with E-state index in [4.69, 9.17) is 19.0 Å². The maximum Gasteiger partial charge on any atom is 0.500 e. The minimum atomic E-state index is -2.72. The summed E-state index contributed by atoms with van der Waals surface area (Å²) < 4.78 is 17.3. The van der Waals surface area contributed by atoms with E-state index >= 15 is 0 Å². The van der Waals surface area contributed by atoms with Crippen LogP contribution in [-0.2, 0) is 22.9 Å². The van der Waals surface area contributed by atoms with Crippen molar-refractivity contribution in [3.63, 3.8) is 0 Å². The molecule has 0 radical (unpaired) electrons. The average Bonchev–Trinajstić information content (AvgIpc) is 2.45. The first kappa shape index (κ1) is 22.0. The van der Waals surface area contributed by atoms with Crippen LogP contribution in [0.4, 0.5) is 0 Å².